The molecule has 1 saturated carbocycles. The molecule has 29 heavy (non-hydrogen) atoms. The zero-order chi connectivity index (χ0) is 20.4. The summed E-state index contributed by atoms with van der Waals surface area (Å²) in [5, 5.41) is 3.77. The van der Waals surface area contributed by atoms with Gasteiger partial charge in [0.05, 0.1) is 5.75 Å². The van der Waals surface area contributed by atoms with E-state index in [4.69, 9.17) is 4.42 Å². The Morgan fingerprint density at radius 3 is 2.52 bits per heavy atom. The Hall–Kier alpha value is -1.86. The lowest BCUT2D eigenvalue weighted by Crippen LogP contribution is -2.45. The van der Waals surface area contributed by atoms with E-state index in [-0.39, 0.29) is 23.5 Å². The van der Waals surface area contributed by atoms with E-state index >= 15 is 0 Å². The van der Waals surface area contributed by atoms with Gasteiger partial charge in [-0.25, -0.2) is 8.42 Å². The van der Waals surface area contributed by atoms with Crippen LogP contribution in [0.25, 0.3) is 11.0 Å². The maximum Gasteiger partial charge on any atom is 0.287 e. The lowest BCUT2D eigenvalue weighted by molar-refractivity contribution is 0.0879. The highest BCUT2D eigenvalue weighted by Crippen LogP contribution is 2.29. The maximum absolute atomic E-state index is 12.9. The Labute approximate surface area is 172 Å². The molecule has 0 radical (unpaired) electrons. The molecular formula is C22H30N2O4S. The van der Waals surface area contributed by atoms with Gasteiger partial charge in [0, 0.05) is 42.9 Å². The minimum Gasteiger partial charge on any atom is -0.451 e. The van der Waals surface area contributed by atoms with E-state index < -0.39 is 9.84 Å². The summed E-state index contributed by atoms with van der Waals surface area (Å²) < 4.78 is 29.6. The fourth-order valence-corrected chi connectivity index (χ4v) is 5.57. The molecule has 2 aromatic rings. The Bertz CT molecular complexity index is 968. The summed E-state index contributed by atoms with van der Waals surface area (Å²) in [6, 6.07) is 7.31. The van der Waals surface area contributed by atoms with Crippen molar-refractivity contribution in [2.75, 3.05) is 25.9 Å². The van der Waals surface area contributed by atoms with Crippen molar-refractivity contribution in [1.82, 2.24) is 10.2 Å². The van der Waals surface area contributed by atoms with E-state index in [2.05, 4.69) is 10.2 Å². The van der Waals surface area contributed by atoms with Gasteiger partial charge in [-0.3, -0.25) is 4.79 Å². The van der Waals surface area contributed by atoms with Crippen LogP contribution in [0.2, 0.25) is 0 Å². The molecule has 2 fully saturated rings. The molecule has 2 heterocycles. The number of furan rings is 1. The fourth-order valence-electron chi connectivity index (χ4n) is 4.76. The van der Waals surface area contributed by atoms with Gasteiger partial charge in [0.25, 0.3) is 5.91 Å². The van der Waals surface area contributed by atoms with Gasteiger partial charge >= 0.3 is 0 Å². The topological polar surface area (TPSA) is 79.6 Å². The van der Waals surface area contributed by atoms with Gasteiger partial charge in [0.2, 0.25) is 0 Å². The second-order valence-corrected chi connectivity index (χ2v) is 10.8. The number of nitrogens with one attached hydrogen (secondary N) is 1. The molecule has 1 N–H and O–H groups in total. The molecule has 1 aromatic heterocycles. The van der Waals surface area contributed by atoms with Crippen LogP contribution in [0, 0.1) is 5.92 Å². The van der Waals surface area contributed by atoms with Crippen LogP contribution in [0.5, 0.6) is 0 Å². The van der Waals surface area contributed by atoms with Gasteiger partial charge in [-0.2, -0.15) is 0 Å². The number of carbonyl (C=O) groups is 1. The van der Waals surface area contributed by atoms with Crippen molar-refractivity contribution in [3.8, 4) is 0 Å². The van der Waals surface area contributed by atoms with Crippen molar-refractivity contribution < 1.29 is 17.6 Å². The summed E-state index contributed by atoms with van der Waals surface area (Å²) in [5.74, 6) is 0.460. The van der Waals surface area contributed by atoms with E-state index in [1.807, 2.05) is 12.1 Å². The largest absolute Gasteiger partial charge is 0.451 e. The van der Waals surface area contributed by atoms with E-state index in [0.29, 0.717) is 16.5 Å². The minimum atomic E-state index is -3.29. The first-order valence-electron chi connectivity index (χ1n) is 10.6. The first-order chi connectivity index (χ1) is 13.9. The van der Waals surface area contributed by atoms with Crippen LogP contribution in [0.3, 0.4) is 0 Å². The van der Waals surface area contributed by atoms with Crippen molar-refractivity contribution in [3.05, 3.63) is 35.6 Å². The Kier molecular flexibility index (Phi) is 5.97. The highest BCUT2D eigenvalue weighted by molar-refractivity contribution is 7.89. The lowest BCUT2D eigenvalue weighted by atomic mass is 10.0. The third kappa shape index (κ3) is 5.01. The van der Waals surface area contributed by atoms with Gasteiger partial charge in [-0.15, -0.1) is 0 Å². The van der Waals surface area contributed by atoms with E-state index in [1.54, 1.807) is 12.1 Å². The SMILES string of the molecule is CS(=O)(=O)Cc1c(C(=O)NC2CCN(CC3CCCC3)CC2)oc2ccccc12. The highest BCUT2D eigenvalue weighted by Gasteiger charge is 2.28. The first kappa shape index (κ1) is 20.4. The number of hydrogen-bond donors (Lipinski definition) is 1. The molecule has 4 rings (SSSR count). The number of fused-ring (bicyclic) bond motifs is 1. The number of rotatable bonds is 6. The van der Waals surface area contributed by atoms with Crippen LogP contribution in [0.15, 0.2) is 28.7 Å². The summed E-state index contributed by atoms with van der Waals surface area (Å²) >= 11 is 0. The Morgan fingerprint density at radius 1 is 1.14 bits per heavy atom. The zero-order valence-electron chi connectivity index (χ0n) is 17.0. The van der Waals surface area contributed by atoms with Crippen molar-refractivity contribution in [2.24, 2.45) is 5.92 Å². The predicted molar refractivity (Wildman–Crippen MR) is 114 cm³/mol. The molecule has 1 aliphatic carbocycles. The summed E-state index contributed by atoms with van der Waals surface area (Å²) in [4.78, 5) is 15.5. The average molecular weight is 419 g/mol. The molecule has 158 valence electrons. The van der Waals surface area contributed by atoms with Crippen molar-refractivity contribution in [3.63, 3.8) is 0 Å². The molecular weight excluding hydrogens is 388 g/mol. The van der Waals surface area contributed by atoms with E-state index in [0.717, 1.165) is 31.8 Å². The monoisotopic (exact) mass is 418 g/mol. The van der Waals surface area contributed by atoms with Gasteiger partial charge in [-0.05, 0) is 37.7 Å². The molecule has 1 aliphatic heterocycles. The average Bonchev–Trinajstić information content (AvgIpc) is 3.30. The van der Waals surface area contributed by atoms with Crippen molar-refractivity contribution >= 4 is 26.7 Å². The van der Waals surface area contributed by atoms with Crippen LogP contribution in [-0.4, -0.2) is 51.2 Å². The normalized spacial score (nSPS) is 19.8. The standard InChI is InChI=1S/C22H30N2O4S/c1-29(26,27)15-19-18-8-4-5-9-20(18)28-21(19)22(25)23-17-10-12-24(13-11-17)14-16-6-2-3-7-16/h4-5,8-9,16-17H,2-3,6-7,10-15H2,1H3,(H,23,25). The molecule has 0 atom stereocenters. The summed E-state index contributed by atoms with van der Waals surface area (Å²) in [5.41, 5.74) is 1.00. The molecule has 1 saturated heterocycles. The zero-order valence-corrected chi connectivity index (χ0v) is 17.8. The van der Waals surface area contributed by atoms with Crippen LogP contribution in [0.4, 0.5) is 0 Å². The number of para-hydroxylation sites is 1. The quantitative estimate of drug-likeness (QED) is 0.778. The molecule has 6 nitrogen and oxygen atoms in total. The third-order valence-corrected chi connectivity index (χ3v) is 7.04. The van der Waals surface area contributed by atoms with Gasteiger partial charge < -0.3 is 14.6 Å². The third-order valence-electron chi connectivity index (χ3n) is 6.22. The van der Waals surface area contributed by atoms with E-state index in [1.165, 1.54) is 38.5 Å². The van der Waals surface area contributed by atoms with E-state index in [9.17, 15) is 13.2 Å². The van der Waals surface area contributed by atoms with Crippen LogP contribution in [-0.2, 0) is 15.6 Å². The van der Waals surface area contributed by atoms with Crippen LogP contribution >= 0.6 is 0 Å². The molecule has 1 amide bonds. The minimum absolute atomic E-state index is 0.0987. The fraction of sp³-hybridized carbons (Fsp3) is 0.591. The van der Waals surface area contributed by atoms with Gasteiger partial charge in [-0.1, -0.05) is 31.0 Å². The predicted octanol–water partition coefficient (Wildman–Crippen LogP) is 3.36. The lowest BCUT2D eigenvalue weighted by Gasteiger charge is -2.33. The number of carbonyl (C=O) groups excluding carboxylic acids is 1. The van der Waals surface area contributed by atoms with Crippen molar-refractivity contribution in [1.29, 1.82) is 0 Å². The first-order valence-corrected chi connectivity index (χ1v) is 12.7. The molecule has 0 spiro atoms. The highest BCUT2D eigenvalue weighted by atomic mass is 32.2. The summed E-state index contributed by atoms with van der Waals surface area (Å²) in [7, 11) is -3.29. The number of piperidine rings is 1. The number of amides is 1. The molecule has 0 unspecified atom stereocenters. The number of benzene rings is 1. The van der Waals surface area contributed by atoms with Gasteiger partial charge in [0.15, 0.2) is 15.6 Å². The second kappa shape index (κ2) is 8.48. The Morgan fingerprint density at radius 2 is 1.83 bits per heavy atom. The smallest absolute Gasteiger partial charge is 0.287 e. The molecule has 7 heteroatoms. The van der Waals surface area contributed by atoms with Crippen molar-refractivity contribution in [2.45, 2.75) is 50.3 Å². The molecule has 0 bridgehead atoms. The van der Waals surface area contributed by atoms with Crippen LogP contribution in [0.1, 0.15) is 54.6 Å². The van der Waals surface area contributed by atoms with Gasteiger partial charge in [0.1, 0.15) is 5.58 Å². The maximum atomic E-state index is 12.9. The summed E-state index contributed by atoms with van der Waals surface area (Å²) in [6.07, 6.45) is 8.45. The number of likely N-dealkylation sites (tertiary alicyclic amines) is 1. The van der Waals surface area contributed by atoms with Crippen LogP contribution < -0.4 is 5.32 Å². The number of sulfone groups is 1. The Balaban J connectivity index is 1.42. The summed E-state index contributed by atoms with van der Waals surface area (Å²) in [6.45, 7) is 3.18. The second-order valence-electron chi connectivity index (χ2n) is 8.67. The number of hydrogen-bond acceptors (Lipinski definition) is 5. The molecule has 1 aromatic carbocycles. The molecule has 2 aliphatic rings. The number of nitrogens with zero attached hydrogens (tertiary/aromatic N) is 1.